The Morgan fingerprint density at radius 1 is 1.20 bits per heavy atom. The number of carbonyl (C=O) groups is 2. The molecule has 0 atom stereocenters. The van der Waals surface area contributed by atoms with Gasteiger partial charge in [-0.2, -0.15) is 4.99 Å². The van der Waals surface area contributed by atoms with Crippen molar-refractivity contribution in [2.24, 2.45) is 4.99 Å². The predicted molar refractivity (Wildman–Crippen MR) is 123 cm³/mol. The van der Waals surface area contributed by atoms with E-state index >= 15 is 0 Å². The van der Waals surface area contributed by atoms with Gasteiger partial charge in [-0.15, -0.1) is 11.8 Å². The standard InChI is InChI=1S/C22H25N3O3S2/c1-4-28-12-11-25-19-10-9-17(23-15(3)26)14-20(19)30-22(25)24-21(27)16-7-6-8-18(13-16)29-5-2/h6-10,13-14H,4-5,11-12H2,1-3H3,(H,23,26). The van der Waals surface area contributed by atoms with Gasteiger partial charge in [0.05, 0.1) is 16.8 Å². The van der Waals surface area contributed by atoms with Crippen molar-refractivity contribution >= 4 is 50.8 Å². The number of benzene rings is 2. The van der Waals surface area contributed by atoms with Crippen molar-refractivity contribution in [2.75, 3.05) is 24.3 Å². The normalized spacial score (nSPS) is 11.8. The Hall–Kier alpha value is -2.42. The molecule has 158 valence electrons. The summed E-state index contributed by atoms with van der Waals surface area (Å²) in [5.41, 5.74) is 2.24. The van der Waals surface area contributed by atoms with Crippen LogP contribution in [0.4, 0.5) is 5.69 Å². The van der Waals surface area contributed by atoms with Crippen LogP contribution in [0.2, 0.25) is 0 Å². The third-order valence-electron chi connectivity index (χ3n) is 4.26. The molecule has 3 rings (SSSR count). The number of hydrogen-bond acceptors (Lipinski definition) is 5. The quantitative estimate of drug-likeness (QED) is 0.409. The molecule has 0 unspecified atom stereocenters. The topological polar surface area (TPSA) is 72.7 Å². The largest absolute Gasteiger partial charge is 0.380 e. The van der Waals surface area contributed by atoms with Gasteiger partial charge in [0.1, 0.15) is 0 Å². The molecule has 8 heteroatoms. The lowest BCUT2D eigenvalue weighted by Crippen LogP contribution is -2.19. The van der Waals surface area contributed by atoms with Crippen LogP contribution in [0.25, 0.3) is 10.2 Å². The number of rotatable bonds is 8. The highest BCUT2D eigenvalue weighted by molar-refractivity contribution is 7.99. The molecule has 2 aromatic carbocycles. The number of aromatic nitrogens is 1. The molecule has 6 nitrogen and oxygen atoms in total. The molecule has 0 aliphatic rings. The van der Waals surface area contributed by atoms with E-state index < -0.39 is 0 Å². The minimum absolute atomic E-state index is 0.125. The van der Waals surface area contributed by atoms with Gasteiger partial charge in [0.25, 0.3) is 5.91 Å². The molecule has 0 bridgehead atoms. The predicted octanol–water partition coefficient (Wildman–Crippen LogP) is 4.55. The Labute approximate surface area is 184 Å². The second kappa shape index (κ2) is 10.6. The zero-order valence-electron chi connectivity index (χ0n) is 17.3. The van der Waals surface area contributed by atoms with Crippen molar-refractivity contribution in [1.82, 2.24) is 4.57 Å². The fourth-order valence-corrected chi connectivity index (χ4v) is 4.81. The van der Waals surface area contributed by atoms with Crippen molar-refractivity contribution in [3.05, 3.63) is 52.8 Å². The molecule has 0 aliphatic heterocycles. The van der Waals surface area contributed by atoms with E-state index in [1.54, 1.807) is 17.8 Å². The van der Waals surface area contributed by atoms with Gasteiger partial charge in [0.15, 0.2) is 4.80 Å². The zero-order chi connectivity index (χ0) is 21.5. The van der Waals surface area contributed by atoms with Crippen LogP contribution in [0.5, 0.6) is 0 Å². The van der Waals surface area contributed by atoms with Gasteiger partial charge in [-0.3, -0.25) is 9.59 Å². The van der Waals surface area contributed by atoms with E-state index in [-0.39, 0.29) is 11.8 Å². The summed E-state index contributed by atoms with van der Waals surface area (Å²) in [6.45, 7) is 7.25. The maximum Gasteiger partial charge on any atom is 0.279 e. The SMILES string of the molecule is CCOCCn1c(=NC(=O)c2cccc(SCC)c2)sc2cc(NC(C)=O)ccc21. The second-order valence-electron chi connectivity index (χ2n) is 6.47. The molecule has 0 radical (unpaired) electrons. The third kappa shape index (κ3) is 5.59. The van der Waals surface area contributed by atoms with Gasteiger partial charge >= 0.3 is 0 Å². The van der Waals surface area contributed by atoms with Gasteiger partial charge < -0.3 is 14.6 Å². The Balaban J connectivity index is 2.03. The third-order valence-corrected chi connectivity index (χ3v) is 6.17. The molecule has 30 heavy (non-hydrogen) atoms. The van der Waals surface area contributed by atoms with Crippen LogP contribution in [0.15, 0.2) is 52.4 Å². The molecule has 1 heterocycles. The highest BCUT2D eigenvalue weighted by atomic mass is 32.2. The van der Waals surface area contributed by atoms with Crippen molar-refractivity contribution in [2.45, 2.75) is 32.2 Å². The maximum absolute atomic E-state index is 12.9. The van der Waals surface area contributed by atoms with Crippen molar-refractivity contribution in [3.63, 3.8) is 0 Å². The molecule has 0 aliphatic carbocycles. The number of nitrogens with one attached hydrogen (secondary N) is 1. The lowest BCUT2D eigenvalue weighted by molar-refractivity contribution is -0.114. The van der Waals surface area contributed by atoms with Gasteiger partial charge in [-0.1, -0.05) is 24.3 Å². The number of fused-ring (bicyclic) bond motifs is 1. The van der Waals surface area contributed by atoms with E-state index in [1.807, 2.05) is 47.9 Å². The van der Waals surface area contributed by atoms with Crippen molar-refractivity contribution in [1.29, 1.82) is 0 Å². The van der Waals surface area contributed by atoms with E-state index in [0.29, 0.717) is 30.1 Å². The van der Waals surface area contributed by atoms with Crippen LogP contribution in [0, 0.1) is 0 Å². The smallest absolute Gasteiger partial charge is 0.279 e. The fraction of sp³-hybridized carbons (Fsp3) is 0.318. The van der Waals surface area contributed by atoms with Crippen molar-refractivity contribution in [3.8, 4) is 0 Å². The Kier molecular flexibility index (Phi) is 7.84. The fourth-order valence-electron chi connectivity index (χ4n) is 2.99. The molecule has 1 aromatic heterocycles. The van der Waals surface area contributed by atoms with Crippen LogP contribution >= 0.6 is 23.1 Å². The van der Waals surface area contributed by atoms with Crippen LogP contribution in [0.1, 0.15) is 31.1 Å². The summed E-state index contributed by atoms with van der Waals surface area (Å²) in [4.78, 5) is 30.3. The molecule has 0 saturated heterocycles. The summed E-state index contributed by atoms with van der Waals surface area (Å²) in [6.07, 6.45) is 0. The Bertz CT molecular complexity index is 1120. The van der Waals surface area contributed by atoms with Crippen LogP contribution in [-0.2, 0) is 16.1 Å². The lowest BCUT2D eigenvalue weighted by Gasteiger charge is -2.06. The van der Waals surface area contributed by atoms with Crippen LogP contribution in [-0.4, -0.2) is 35.3 Å². The molecule has 0 spiro atoms. The van der Waals surface area contributed by atoms with E-state index in [1.165, 1.54) is 18.3 Å². The molecule has 3 aromatic rings. The monoisotopic (exact) mass is 443 g/mol. The molecule has 1 N–H and O–H groups in total. The summed E-state index contributed by atoms with van der Waals surface area (Å²) in [7, 11) is 0. The molecule has 0 saturated carbocycles. The number of carbonyl (C=O) groups excluding carboxylic acids is 2. The summed E-state index contributed by atoms with van der Waals surface area (Å²) in [5.74, 6) is 0.548. The first-order chi connectivity index (χ1) is 14.5. The lowest BCUT2D eigenvalue weighted by atomic mass is 10.2. The van der Waals surface area contributed by atoms with E-state index in [4.69, 9.17) is 4.74 Å². The van der Waals surface area contributed by atoms with Gasteiger partial charge in [0.2, 0.25) is 5.91 Å². The maximum atomic E-state index is 12.9. The summed E-state index contributed by atoms with van der Waals surface area (Å²) in [5, 5.41) is 2.80. The number of amides is 2. The highest BCUT2D eigenvalue weighted by Crippen LogP contribution is 2.23. The highest BCUT2D eigenvalue weighted by Gasteiger charge is 2.11. The first-order valence-electron chi connectivity index (χ1n) is 9.82. The second-order valence-corrected chi connectivity index (χ2v) is 8.82. The van der Waals surface area contributed by atoms with E-state index in [9.17, 15) is 9.59 Å². The minimum Gasteiger partial charge on any atom is -0.380 e. The number of thiazole rings is 1. The van der Waals surface area contributed by atoms with Crippen molar-refractivity contribution < 1.29 is 14.3 Å². The van der Waals surface area contributed by atoms with Crippen LogP contribution < -0.4 is 10.1 Å². The molecular formula is C22H25N3O3S2. The number of ether oxygens (including phenoxy) is 1. The van der Waals surface area contributed by atoms with E-state index in [0.717, 1.165) is 26.6 Å². The first kappa shape index (κ1) is 22.3. The number of anilines is 1. The summed E-state index contributed by atoms with van der Waals surface area (Å²) in [6, 6.07) is 13.2. The van der Waals surface area contributed by atoms with Gasteiger partial charge in [-0.05, 0) is 49.1 Å². The number of nitrogens with zero attached hydrogens (tertiary/aromatic N) is 2. The first-order valence-corrected chi connectivity index (χ1v) is 11.6. The molecule has 2 amide bonds. The number of thioether (sulfide) groups is 1. The zero-order valence-corrected chi connectivity index (χ0v) is 18.9. The Morgan fingerprint density at radius 2 is 2.03 bits per heavy atom. The Morgan fingerprint density at radius 3 is 2.77 bits per heavy atom. The average molecular weight is 444 g/mol. The molecular weight excluding hydrogens is 418 g/mol. The number of hydrogen-bond donors (Lipinski definition) is 1. The minimum atomic E-state index is -0.271. The van der Waals surface area contributed by atoms with Gasteiger partial charge in [0, 0.05) is 36.2 Å². The van der Waals surface area contributed by atoms with E-state index in [2.05, 4.69) is 17.2 Å². The van der Waals surface area contributed by atoms with Crippen LogP contribution in [0.3, 0.4) is 0 Å². The molecule has 0 fully saturated rings. The summed E-state index contributed by atoms with van der Waals surface area (Å²) < 4.78 is 8.46. The summed E-state index contributed by atoms with van der Waals surface area (Å²) >= 11 is 3.12. The average Bonchev–Trinajstić information content (AvgIpc) is 3.04. The van der Waals surface area contributed by atoms with Gasteiger partial charge in [-0.25, -0.2) is 0 Å².